The number of hydrogen-bond acceptors (Lipinski definition) is 2. The van der Waals surface area contributed by atoms with Crippen molar-refractivity contribution in [3.05, 3.63) is 0 Å². The molecule has 0 aliphatic carbocycles. The zero-order valence-electron chi connectivity index (χ0n) is 18.7. The predicted octanol–water partition coefficient (Wildman–Crippen LogP) is 2.95. The molecule has 0 unspecified atom stereocenters. The smallest absolute Gasteiger partial charge is 0.281 e. The fourth-order valence-corrected chi connectivity index (χ4v) is 3.71. The van der Waals surface area contributed by atoms with E-state index in [4.69, 9.17) is 10.5 Å². The van der Waals surface area contributed by atoms with Crippen LogP contribution in [0.5, 0.6) is 0 Å². The normalized spacial score (nSPS) is 11.9. The van der Waals surface area contributed by atoms with E-state index in [9.17, 15) is 0 Å². The largest absolute Gasteiger partial charge is 0.513 e. The molecule has 0 radical (unpaired) electrons. The van der Waals surface area contributed by atoms with E-state index in [0.29, 0.717) is 0 Å². The van der Waals surface area contributed by atoms with Crippen LogP contribution in [0.15, 0.2) is 0 Å². The third kappa shape index (κ3) is 16.5. The Morgan fingerprint density at radius 2 is 0.731 bits per heavy atom. The highest BCUT2D eigenvalue weighted by Gasteiger charge is 2.07. The molecule has 0 spiro atoms. The Hall–Kier alpha value is -0.970. The van der Waals surface area contributed by atoms with Crippen LogP contribution in [0.25, 0.3) is 0 Å². The van der Waals surface area contributed by atoms with Gasteiger partial charge in [0, 0.05) is 41.3 Å². The summed E-state index contributed by atoms with van der Waals surface area (Å²) in [4.78, 5) is 0. The molecule has 4 nitrogen and oxygen atoms in total. The first-order valence-corrected chi connectivity index (χ1v) is 11.3. The molecule has 0 aromatic rings. The molecular weight excluding hydrogens is 318 g/mol. The third-order valence-corrected chi connectivity index (χ3v) is 5.82. The van der Waals surface area contributed by atoms with Gasteiger partial charge in [0.1, 0.15) is 0 Å². The molecule has 0 aromatic heterocycles. The van der Waals surface area contributed by atoms with Gasteiger partial charge in [-0.25, -0.2) is 10.5 Å². The fourth-order valence-electron chi connectivity index (χ4n) is 3.71. The van der Waals surface area contributed by atoms with Crippen molar-refractivity contribution in [1.82, 2.24) is 0 Å². The molecule has 0 aromatic carbocycles. The number of quaternary nitrogens is 2. The van der Waals surface area contributed by atoms with Gasteiger partial charge in [0.25, 0.3) is 14.8 Å². The van der Waals surface area contributed by atoms with Crippen molar-refractivity contribution in [3.63, 3.8) is 0 Å². The van der Waals surface area contributed by atoms with Crippen LogP contribution in [-0.2, 0) is 0 Å². The van der Waals surface area contributed by atoms with Crippen molar-refractivity contribution >= 4 is 14.8 Å². The van der Waals surface area contributed by atoms with Crippen LogP contribution < -0.4 is 0 Å². The Kier molecular flexibility index (Phi) is 14.6. The van der Waals surface area contributed by atoms with Crippen molar-refractivity contribution in [2.75, 3.05) is 41.3 Å². The second-order valence-electron chi connectivity index (χ2n) is 10.2. The fraction of sp³-hybridized carbons (Fsp3) is 0.900. The van der Waals surface area contributed by atoms with Crippen molar-refractivity contribution in [1.29, 1.82) is 10.5 Å². The van der Waals surface area contributed by atoms with E-state index in [1.54, 1.807) is 0 Å². The van der Waals surface area contributed by atoms with Crippen LogP contribution in [0, 0.1) is 22.5 Å². The quantitative estimate of drug-likeness (QED) is 0.295. The zero-order chi connectivity index (χ0) is 19.7. The van der Waals surface area contributed by atoms with Crippen LogP contribution in [0.4, 0.5) is 0 Å². The summed E-state index contributed by atoms with van der Waals surface area (Å²) in [6.07, 6.45) is 16.3. The van der Waals surface area contributed by atoms with Gasteiger partial charge >= 0.3 is 0 Å². The van der Waals surface area contributed by atoms with Gasteiger partial charge in [-0.05, 0) is 25.7 Å². The van der Waals surface area contributed by atoms with E-state index >= 15 is 0 Å². The Bertz CT molecular complexity index is 385. The van der Waals surface area contributed by atoms with Gasteiger partial charge in [-0.3, -0.25) is 0 Å². The van der Waals surface area contributed by atoms with Crippen molar-refractivity contribution < 1.29 is 8.79 Å². The monoisotopic (exact) mass is 362 g/mol. The topological polar surface area (TPSA) is 47.6 Å². The van der Waals surface area contributed by atoms with E-state index in [-0.39, 0.29) is 0 Å². The van der Waals surface area contributed by atoms with E-state index in [0.717, 1.165) is 8.79 Å². The highest BCUT2D eigenvalue weighted by atomic mass is 15.2. The summed E-state index contributed by atoms with van der Waals surface area (Å²) < 4.78 is 1.93. The second kappa shape index (κ2) is 15.1. The molecule has 26 heavy (non-hydrogen) atoms. The van der Waals surface area contributed by atoms with Gasteiger partial charge in [0.05, 0.1) is 0 Å². The van der Waals surface area contributed by atoms with Gasteiger partial charge in [-0.1, -0.05) is 63.3 Å². The zero-order valence-corrected chi connectivity index (χ0v) is 18.7. The molecule has 0 amide bonds. The molecule has 0 aliphatic heterocycles. The number of rotatable bonds is 17. The SMILES string of the molecule is C[N+](C)([BH2-]C#N)CCCCCCCCCCCCCC[N+](C)(C)[BH2-]C#N. The minimum absolute atomic E-state index is 0.470. The molecule has 0 atom stereocenters. The van der Waals surface area contributed by atoms with Gasteiger partial charge in [-0.2, -0.15) is 0 Å². The molecule has 0 aliphatic rings. The van der Waals surface area contributed by atoms with Gasteiger partial charge < -0.3 is 8.79 Å². The lowest BCUT2D eigenvalue weighted by Crippen LogP contribution is -2.43. The van der Waals surface area contributed by atoms with Crippen LogP contribution in [0.3, 0.4) is 0 Å². The van der Waals surface area contributed by atoms with E-state index in [1.807, 2.05) is 0 Å². The molecule has 0 saturated carbocycles. The maximum Gasteiger partial charge on any atom is 0.281 e. The second-order valence-corrected chi connectivity index (χ2v) is 10.2. The predicted molar refractivity (Wildman–Crippen MR) is 118 cm³/mol. The van der Waals surface area contributed by atoms with Crippen molar-refractivity contribution in [3.8, 4) is 11.9 Å². The minimum atomic E-state index is -0.470. The molecule has 0 N–H and O–H groups in total. The Morgan fingerprint density at radius 1 is 0.500 bits per heavy atom. The first-order chi connectivity index (χ1) is 12.3. The van der Waals surface area contributed by atoms with Crippen LogP contribution >= 0.6 is 0 Å². The van der Waals surface area contributed by atoms with Gasteiger partial charge in [-0.15, -0.1) is 0 Å². The Balaban J connectivity index is 3.28. The molecule has 0 fully saturated rings. The van der Waals surface area contributed by atoms with Crippen molar-refractivity contribution in [2.24, 2.45) is 0 Å². The Labute approximate surface area is 164 Å². The van der Waals surface area contributed by atoms with Gasteiger partial charge in [0.2, 0.25) is 0 Å². The summed E-state index contributed by atoms with van der Waals surface area (Å²) in [5.74, 6) is 4.80. The standard InChI is InChI=1S/C20H44B2N4/c1-25(2,21-19-23)17-15-13-11-9-7-5-6-8-10-12-14-16-18-26(3,4)22-20-24/h5-18,21-22H2,1-4H3. The lowest BCUT2D eigenvalue weighted by atomic mass is 9.91. The number of nitriles is 2. The summed E-state index contributed by atoms with van der Waals surface area (Å²) in [6, 6.07) is 0. The average Bonchev–Trinajstić information content (AvgIpc) is 2.55. The highest BCUT2D eigenvalue weighted by molar-refractivity contribution is 6.36. The summed E-state index contributed by atoms with van der Waals surface area (Å²) >= 11 is 0. The van der Waals surface area contributed by atoms with E-state index < -0.39 is 14.8 Å². The molecule has 0 rings (SSSR count). The number of hydrogen-bond donors (Lipinski definition) is 0. The summed E-state index contributed by atoms with van der Waals surface area (Å²) in [6.45, 7) is 2.37. The molecular formula is C20H44B2N4. The summed E-state index contributed by atoms with van der Waals surface area (Å²) in [5, 5.41) is 17.7. The minimum Gasteiger partial charge on any atom is -0.513 e. The van der Waals surface area contributed by atoms with Crippen LogP contribution in [-0.4, -0.2) is 64.9 Å². The number of nitrogens with zero attached hydrogens (tertiary/aromatic N) is 4. The number of unbranched alkanes of at least 4 members (excludes halogenated alkanes) is 11. The van der Waals surface area contributed by atoms with E-state index in [1.165, 1.54) is 90.1 Å². The molecule has 6 heteroatoms. The molecule has 0 heterocycles. The average molecular weight is 362 g/mol. The first-order valence-electron chi connectivity index (χ1n) is 11.3. The van der Waals surface area contributed by atoms with Crippen LogP contribution in [0.1, 0.15) is 77.0 Å². The summed E-state index contributed by atoms with van der Waals surface area (Å²) in [7, 11) is 7.88. The Morgan fingerprint density at radius 3 is 0.962 bits per heavy atom. The highest BCUT2D eigenvalue weighted by Crippen LogP contribution is 2.13. The third-order valence-electron chi connectivity index (χ3n) is 5.82. The lowest BCUT2D eigenvalue weighted by Gasteiger charge is -2.36. The maximum absolute atomic E-state index is 8.84. The van der Waals surface area contributed by atoms with Crippen LogP contribution in [0.2, 0.25) is 0 Å². The summed E-state index contributed by atoms with van der Waals surface area (Å²) in [5.41, 5.74) is 0. The van der Waals surface area contributed by atoms with E-state index in [2.05, 4.69) is 40.1 Å². The first kappa shape index (κ1) is 25.0. The van der Waals surface area contributed by atoms with Gasteiger partial charge in [0.15, 0.2) is 0 Å². The lowest BCUT2D eigenvalue weighted by molar-refractivity contribution is -0.777. The molecule has 0 saturated heterocycles. The van der Waals surface area contributed by atoms with Crippen molar-refractivity contribution in [2.45, 2.75) is 77.0 Å². The molecule has 150 valence electrons. The molecule has 0 bridgehead atoms. The maximum atomic E-state index is 8.84.